The van der Waals surface area contributed by atoms with E-state index >= 15 is 0 Å². The second kappa shape index (κ2) is 8.33. The van der Waals surface area contributed by atoms with Crippen LogP contribution in [0.2, 0.25) is 0 Å². The van der Waals surface area contributed by atoms with Gasteiger partial charge in [-0.05, 0) is 51.5 Å². The lowest BCUT2D eigenvalue weighted by Gasteiger charge is -2.14. The molecule has 1 N–H and O–H groups in total. The molecule has 0 atom stereocenters. The number of aromatic amines is 1. The minimum absolute atomic E-state index is 0.440. The van der Waals surface area contributed by atoms with Crippen molar-refractivity contribution in [3.8, 4) is 17.1 Å². The predicted molar refractivity (Wildman–Crippen MR) is 129 cm³/mol. The van der Waals surface area contributed by atoms with Crippen molar-refractivity contribution in [1.29, 1.82) is 10.5 Å². The minimum atomic E-state index is 0.440. The molecule has 4 heterocycles. The third-order valence-corrected chi connectivity index (χ3v) is 6.56. The lowest BCUT2D eigenvalue weighted by molar-refractivity contribution is 0.941. The van der Waals surface area contributed by atoms with Crippen molar-refractivity contribution < 1.29 is 0 Å². The zero-order valence-electron chi connectivity index (χ0n) is 18.7. The summed E-state index contributed by atoms with van der Waals surface area (Å²) in [5.41, 5.74) is 5.54. The first-order valence-corrected chi connectivity index (χ1v) is 11.1. The molecule has 0 unspecified atom stereocenters. The zero-order chi connectivity index (χ0) is 23.0. The Morgan fingerprint density at radius 2 is 2.03 bits per heavy atom. The van der Waals surface area contributed by atoms with Gasteiger partial charge in [-0.25, -0.2) is 9.97 Å². The Balaban J connectivity index is 1.78. The number of fused-ring (bicyclic) bond motifs is 1. The molecule has 0 saturated carbocycles. The number of imidazole rings is 1. The zero-order valence-corrected chi connectivity index (χ0v) is 19.5. The van der Waals surface area contributed by atoms with Crippen molar-refractivity contribution >= 4 is 39.8 Å². The molecule has 0 aliphatic carbocycles. The number of aromatic nitrogens is 4. The first-order chi connectivity index (χ1) is 15.4. The van der Waals surface area contributed by atoms with E-state index in [1.165, 1.54) is 0 Å². The Labute approximate surface area is 190 Å². The summed E-state index contributed by atoms with van der Waals surface area (Å²) in [7, 11) is 1.98. The van der Waals surface area contributed by atoms with Gasteiger partial charge in [0.25, 0.3) is 0 Å². The molecule has 0 saturated heterocycles. The molecule has 32 heavy (non-hydrogen) atoms. The van der Waals surface area contributed by atoms with E-state index < -0.39 is 0 Å². The van der Waals surface area contributed by atoms with E-state index in [1.54, 1.807) is 17.5 Å². The molecule has 0 fully saturated rings. The maximum absolute atomic E-state index is 9.87. The fourth-order valence-electron chi connectivity index (χ4n) is 3.70. The highest BCUT2D eigenvalue weighted by Gasteiger charge is 2.17. The topological polar surface area (TPSA) is 97.3 Å². The van der Waals surface area contributed by atoms with E-state index in [2.05, 4.69) is 38.6 Å². The van der Waals surface area contributed by atoms with Crippen LogP contribution in [0.15, 0.2) is 24.4 Å². The summed E-state index contributed by atoms with van der Waals surface area (Å²) in [6.45, 7) is 8.90. The van der Waals surface area contributed by atoms with Gasteiger partial charge < -0.3 is 14.5 Å². The van der Waals surface area contributed by atoms with Gasteiger partial charge in [0, 0.05) is 35.9 Å². The van der Waals surface area contributed by atoms with Crippen LogP contribution >= 0.6 is 11.3 Å². The van der Waals surface area contributed by atoms with E-state index in [0.29, 0.717) is 17.0 Å². The van der Waals surface area contributed by atoms with Crippen molar-refractivity contribution in [2.75, 3.05) is 18.5 Å². The molecule has 0 aliphatic rings. The Morgan fingerprint density at radius 3 is 2.72 bits per heavy atom. The smallest absolute Gasteiger partial charge is 0.149 e. The van der Waals surface area contributed by atoms with E-state index in [9.17, 15) is 10.5 Å². The molecule has 4 aromatic heterocycles. The third kappa shape index (κ3) is 3.66. The lowest BCUT2D eigenvalue weighted by atomic mass is 10.1. The standard InChI is InChI=1S/C24H23N7S/c1-6-30(5)22-10-20-21(13-27-22)29-23(28-20)18(11-25)9-17-7-14(2)31(16(17)4)24-19(12-26)8-15(3)32-24/h7-10,13H,6H2,1-5H3,(H,28,29)/b18-9+. The van der Waals surface area contributed by atoms with Gasteiger partial charge >= 0.3 is 0 Å². The van der Waals surface area contributed by atoms with Crippen LogP contribution in [0.5, 0.6) is 0 Å². The Hall–Kier alpha value is -3.88. The number of hydrogen-bond acceptors (Lipinski definition) is 6. The predicted octanol–water partition coefficient (Wildman–Crippen LogP) is 5.13. The van der Waals surface area contributed by atoms with Crippen LogP contribution < -0.4 is 4.90 Å². The number of rotatable bonds is 5. The Morgan fingerprint density at radius 1 is 1.25 bits per heavy atom. The summed E-state index contributed by atoms with van der Waals surface area (Å²) >= 11 is 1.59. The van der Waals surface area contributed by atoms with Gasteiger partial charge in [-0.2, -0.15) is 10.5 Å². The van der Waals surface area contributed by atoms with Gasteiger partial charge in [0.05, 0.1) is 28.4 Å². The number of allylic oxidation sites excluding steroid dienone is 1. The molecule has 7 nitrogen and oxygen atoms in total. The molecule has 0 radical (unpaired) electrons. The molecular formula is C24H23N7S. The third-order valence-electron chi connectivity index (χ3n) is 5.52. The summed E-state index contributed by atoms with van der Waals surface area (Å²) in [6.07, 6.45) is 3.59. The number of nitrogens with zero attached hydrogens (tertiary/aromatic N) is 6. The number of aryl methyl sites for hydroxylation is 2. The number of hydrogen-bond donors (Lipinski definition) is 1. The second-order valence-electron chi connectivity index (χ2n) is 7.68. The summed E-state index contributed by atoms with van der Waals surface area (Å²) in [5, 5.41) is 20.3. The molecule has 160 valence electrons. The number of anilines is 1. The van der Waals surface area contributed by atoms with Crippen molar-refractivity contribution in [3.63, 3.8) is 0 Å². The molecule has 0 spiro atoms. The van der Waals surface area contributed by atoms with Crippen LogP contribution in [-0.2, 0) is 0 Å². The monoisotopic (exact) mass is 441 g/mol. The summed E-state index contributed by atoms with van der Waals surface area (Å²) < 4.78 is 2.08. The van der Waals surface area contributed by atoms with Crippen molar-refractivity contribution in [3.05, 3.63) is 57.6 Å². The van der Waals surface area contributed by atoms with Gasteiger partial charge in [-0.3, -0.25) is 0 Å². The van der Waals surface area contributed by atoms with Crippen molar-refractivity contribution in [2.24, 2.45) is 0 Å². The number of nitriles is 2. The number of thiophene rings is 1. The van der Waals surface area contributed by atoms with Crippen LogP contribution in [0.3, 0.4) is 0 Å². The van der Waals surface area contributed by atoms with Crippen molar-refractivity contribution in [2.45, 2.75) is 27.7 Å². The maximum Gasteiger partial charge on any atom is 0.149 e. The highest BCUT2D eigenvalue weighted by Crippen LogP contribution is 2.31. The molecule has 0 aromatic carbocycles. The highest BCUT2D eigenvalue weighted by atomic mass is 32.1. The molecular weight excluding hydrogens is 418 g/mol. The van der Waals surface area contributed by atoms with Gasteiger partial charge in [0.2, 0.25) is 0 Å². The normalized spacial score (nSPS) is 11.5. The van der Waals surface area contributed by atoms with Gasteiger partial charge in [-0.1, -0.05) is 0 Å². The SMILES string of the molecule is CCN(C)c1cc2nc(/C(C#N)=C/c3cc(C)n(-c4sc(C)cc4C#N)c3C)[nH]c2cn1. The Kier molecular flexibility index (Phi) is 5.56. The maximum atomic E-state index is 9.87. The molecule has 0 bridgehead atoms. The van der Waals surface area contributed by atoms with Gasteiger partial charge in [0.1, 0.15) is 28.8 Å². The largest absolute Gasteiger partial charge is 0.360 e. The van der Waals surface area contributed by atoms with Gasteiger partial charge in [-0.15, -0.1) is 11.3 Å². The van der Waals surface area contributed by atoms with E-state index in [-0.39, 0.29) is 0 Å². The Bertz CT molecular complexity index is 1440. The van der Waals surface area contributed by atoms with Crippen LogP contribution in [-0.4, -0.2) is 33.1 Å². The van der Waals surface area contributed by atoms with Crippen LogP contribution in [0.25, 0.3) is 27.7 Å². The summed E-state index contributed by atoms with van der Waals surface area (Å²) in [5.74, 6) is 1.35. The highest BCUT2D eigenvalue weighted by molar-refractivity contribution is 7.14. The number of pyridine rings is 1. The fraction of sp³-hybridized carbons (Fsp3) is 0.250. The van der Waals surface area contributed by atoms with Crippen molar-refractivity contribution in [1.82, 2.24) is 19.5 Å². The molecule has 8 heteroatoms. The first-order valence-electron chi connectivity index (χ1n) is 10.2. The quantitative estimate of drug-likeness (QED) is 0.433. The lowest BCUT2D eigenvalue weighted by Crippen LogP contribution is -2.16. The summed E-state index contributed by atoms with van der Waals surface area (Å²) in [6, 6.07) is 10.4. The molecule has 0 aliphatic heterocycles. The first kappa shape index (κ1) is 21.4. The second-order valence-corrected chi connectivity index (χ2v) is 8.91. The van der Waals surface area contributed by atoms with Crippen LogP contribution in [0, 0.1) is 43.4 Å². The number of nitrogens with one attached hydrogen (secondary N) is 1. The minimum Gasteiger partial charge on any atom is -0.360 e. The molecule has 0 amide bonds. The fourth-order valence-corrected chi connectivity index (χ4v) is 4.77. The average Bonchev–Trinajstić information content (AvgIpc) is 3.45. The van der Waals surface area contributed by atoms with E-state index in [0.717, 1.165) is 50.2 Å². The van der Waals surface area contributed by atoms with E-state index in [1.807, 2.05) is 57.0 Å². The van der Waals surface area contributed by atoms with Crippen LogP contribution in [0.1, 0.15) is 40.1 Å². The average molecular weight is 442 g/mol. The molecule has 4 aromatic rings. The van der Waals surface area contributed by atoms with Gasteiger partial charge in [0.15, 0.2) is 0 Å². The van der Waals surface area contributed by atoms with E-state index in [4.69, 9.17) is 0 Å². The molecule has 4 rings (SSSR count). The number of H-pyrrole nitrogens is 1. The van der Waals surface area contributed by atoms with Crippen LogP contribution in [0.4, 0.5) is 5.82 Å². The summed E-state index contributed by atoms with van der Waals surface area (Å²) in [4.78, 5) is 15.4.